The summed E-state index contributed by atoms with van der Waals surface area (Å²) in [6.45, 7) is 3.52. The lowest BCUT2D eigenvalue weighted by atomic mass is 10.1. The fourth-order valence-electron chi connectivity index (χ4n) is 2.24. The maximum absolute atomic E-state index is 12.0. The first-order valence-corrected chi connectivity index (χ1v) is 7.10. The Bertz CT molecular complexity index is 613. The minimum absolute atomic E-state index is 0.200. The maximum Gasteiger partial charge on any atom is 0.325 e. The number of hydrogen-bond donors (Lipinski definition) is 3. The molecular formula is C15H20N4O3. The van der Waals surface area contributed by atoms with Gasteiger partial charge in [0.2, 0.25) is 5.91 Å². The van der Waals surface area contributed by atoms with Crippen LogP contribution >= 0.6 is 0 Å². The van der Waals surface area contributed by atoms with Gasteiger partial charge in [-0.15, -0.1) is 0 Å². The first-order chi connectivity index (χ1) is 10.3. The van der Waals surface area contributed by atoms with Gasteiger partial charge in [0.15, 0.2) is 0 Å². The molecule has 1 heterocycles. The van der Waals surface area contributed by atoms with E-state index >= 15 is 0 Å². The molecule has 0 bridgehead atoms. The summed E-state index contributed by atoms with van der Waals surface area (Å²) < 4.78 is 0. The van der Waals surface area contributed by atoms with Crippen molar-refractivity contribution in [2.75, 3.05) is 17.6 Å². The van der Waals surface area contributed by atoms with Crippen molar-refractivity contribution in [3.8, 4) is 0 Å². The van der Waals surface area contributed by atoms with Crippen LogP contribution in [0.4, 0.5) is 16.2 Å². The molecule has 1 fully saturated rings. The Balaban J connectivity index is 1.82. The fourth-order valence-corrected chi connectivity index (χ4v) is 2.24. The third-order valence-electron chi connectivity index (χ3n) is 3.46. The Morgan fingerprint density at radius 3 is 2.59 bits per heavy atom. The van der Waals surface area contributed by atoms with Crippen LogP contribution < -0.4 is 16.4 Å². The van der Waals surface area contributed by atoms with Gasteiger partial charge in [-0.2, -0.15) is 0 Å². The third-order valence-corrected chi connectivity index (χ3v) is 3.46. The molecule has 0 aliphatic carbocycles. The molecule has 2 rings (SSSR count). The van der Waals surface area contributed by atoms with E-state index in [-0.39, 0.29) is 24.8 Å². The Morgan fingerprint density at radius 2 is 2.00 bits per heavy atom. The average molecular weight is 304 g/mol. The normalized spacial score (nSPS) is 16.5. The smallest absolute Gasteiger partial charge is 0.325 e. The van der Waals surface area contributed by atoms with Gasteiger partial charge in [0.25, 0.3) is 5.91 Å². The van der Waals surface area contributed by atoms with Gasteiger partial charge < -0.3 is 16.4 Å². The van der Waals surface area contributed by atoms with Crippen LogP contribution in [0, 0.1) is 0 Å². The van der Waals surface area contributed by atoms with Crippen LogP contribution in [0.1, 0.15) is 26.7 Å². The quantitative estimate of drug-likeness (QED) is 0.563. The third kappa shape index (κ3) is 3.36. The van der Waals surface area contributed by atoms with Gasteiger partial charge in [-0.3, -0.25) is 14.5 Å². The molecule has 0 aromatic heterocycles. The number of nitrogens with one attached hydrogen (secondary N) is 2. The zero-order valence-electron chi connectivity index (χ0n) is 12.7. The second-order valence-electron chi connectivity index (χ2n) is 5.75. The van der Waals surface area contributed by atoms with Gasteiger partial charge in [-0.25, -0.2) is 4.79 Å². The van der Waals surface area contributed by atoms with Crippen LogP contribution in [-0.4, -0.2) is 34.8 Å². The number of anilines is 2. The molecule has 1 aromatic rings. The van der Waals surface area contributed by atoms with E-state index in [0.29, 0.717) is 17.8 Å². The van der Waals surface area contributed by atoms with Crippen molar-refractivity contribution in [1.29, 1.82) is 0 Å². The highest BCUT2D eigenvalue weighted by molar-refractivity contribution is 6.06. The van der Waals surface area contributed by atoms with Gasteiger partial charge in [-0.1, -0.05) is 12.1 Å². The highest BCUT2D eigenvalue weighted by Crippen LogP contribution is 2.18. The molecule has 4 N–H and O–H groups in total. The number of carbonyl (C=O) groups is 3. The highest BCUT2D eigenvalue weighted by Gasteiger charge is 2.43. The Hall–Kier alpha value is -2.57. The van der Waals surface area contributed by atoms with E-state index in [1.165, 1.54) is 0 Å². The number of nitrogen functional groups attached to an aromatic ring is 1. The number of imide groups is 1. The van der Waals surface area contributed by atoms with E-state index < -0.39 is 11.6 Å². The zero-order chi connectivity index (χ0) is 16.3. The molecule has 4 amide bonds. The second kappa shape index (κ2) is 6.05. The summed E-state index contributed by atoms with van der Waals surface area (Å²) in [4.78, 5) is 36.7. The van der Waals surface area contributed by atoms with Crippen molar-refractivity contribution in [2.45, 2.75) is 32.2 Å². The lowest BCUT2D eigenvalue weighted by molar-refractivity contribution is -0.130. The van der Waals surface area contributed by atoms with E-state index in [1.54, 1.807) is 38.1 Å². The van der Waals surface area contributed by atoms with Crippen LogP contribution in [0.25, 0.3) is 0 Å². The summed E-state index contributed by atoms with van der Waals surface area (Å²) in [5, 5.41) is 5.31. The predicted molar refractivity (Wildman–Crippen MR) is 83.0 cm³/mol. The van der Waals surface area contributed by atoms with Crippen molar-refractivity contribution in [3.63, 3.8) is 0 Å². The Morgan fingerprint density at radius 1 is 1.32 bits per heavy atom. The summed E-state index contributed by atoms with van der Waals surface area (Å²) in [5.74, 6) is -0.477. The zero-order valence-corrected chi connectivity index (χ0v) is 12.7. The molecular weight excluding hydrogens is 284 g/mol. The summed E-state index contributed by atoms with van der Waals surface area (Å²) >= 11 is 0. The summed E-state index contributed by atoms with van der Waals surface area (Å²) in [6, 6.07) is 6.56. The van der Waals surface area contributed by atoms with Crippen molar-refractivity contribution >= 4 is 29.2 Å². The minimum atomic E-state index is -0.877. The van der Waals surface area contributed by atoms with Crippen molar-refractivity contribution in [3.05, 3.63) is 24.3 Å². The van der Waals surface area contributed by atoms with E-state index in [0.717, 1.165) is 4.90 Å². The lowest BCUT2D eigenvalue weighted by Crippen LogP contribution is -2.40. The molecule has 0 atom stereocenters. The average Bonchev–Trinajstić information content (AvgIpc) is 2.63. The topological polar surface area (TPSA) is 105 Å². The number of nitrogens with zero attached hydrogens (tertiary/aromatic N) is 1. The van der Waals surface area contributed by atoms with Gasteiger partial charge >= 0.3 is 6.03 Å². The summed E-state index contributed by atoms with van der Waals surface area (Å²) in [7, 11) is 0. The van der Waals surface area contributed by atoms with Crippen LogP contribution in [0.3, 0.4) is 0 Å². The standard InChI is InChI=1S/C15H20N4O3/c1-15(2)13(21)19(14(22)18-15)9-5-8-12(20)17-11-7-4-3-6-10(11)16/h3-4,6-7H,5,8-9,16H2,1-2H3,(H,17,20)(H,18,22). The molecule has 7 nitrogen and oxygen atoms in total. The van der Waals surface area contributed by atoms with Crippen molar-refractivity contribution in [2.24, 2.45) is 0 Å². The molecule has 0 saturated carbocycles. The molecule has 1 aliphatic rings. The molecule has 7 heteroatoms. The van der Waals surface area contributed by atoms with Crippen LogP contribution in [-0.2, 0) is 9.59 Å². The first kappa shape index (κ1) is 15.8. The summed E-state index contributed by atoms with van der Waals surface area (Å²) in [6.07, 6.45) is 0.597. The van der Waals surface area contributed by atoms with Gasteiger partial charge in [0, 0.05) is 13.0 Å². The number of hydrogen-bond acceptors (Lipinski definition) is 4. The first-order valence-electron chi connectivity index (χ1n) is 7.10. The number of carbonyl (C=O) groups excluding carboxylic acids is 3. The van der Waals surface area contributed by atoms with Crippen LogP contribution in [0.2, 0.25) is 0 Å². The number of urea groups is 1. The lowest BCUT2D eigenvalue weighted by Gasteiger charge is -2.15. The molecule has 0 unspecified atom stereocenters. The van der Waals surface area contributed by atoms with Crippen molar-refractivity contribution in [1.82, 2.24) is 10.2 Å². The van der Waals surface area contributed by atoms with E-state index in [1.807, 2.05) is 0 Å². The molecule has 0 spiro atoms. The van der Waals surface area contributed by atoms with E-state index in [2.05, 4.69) is 10.6 Å². The molecule has 22 heavy (non-hydrogen) atoms. The molecule has 0 radical (unpaired) electrons. The number of para-hydroxylation sites is 2. The van der Waals surface area contributed by atoms with Gasteiger partial charge in [0.1, 0.15) is 5.54 Å². The number of amides is 4. The van der Waals surface area contributed by atoms with Crippen LogP contribution in [0.5, 0.6) is 0 Å². The predicted octanol–water partition coefficient (Wildman–Crippen LogP) is 1.32. The molecule has 1 saturated heterocycles. The molecule has 1 aliphatic heterocycles. The molecule has 118 valence electrons. The van der Waals surface area contributed by atoms with Gasteiger partial charge in [-0.05, 0) is 32.4 Å². The number of rotatable bonds is 5. The fraction of sp³-hybridized carbons (Fsp3) is 0.400. The molecule has 1 aromatic carbocycles. The Labute approximate surface area is 128 Å². The van der Waals surface area contributed by atoms with Gasteiger partial charge in [0.05, 0.1) is 11.4 Å². The highest BCUT2D eigenvalue weighted by atomic mass is 16.2. The van der Waals surface area contributed by atoms with Crippen molar-refractivity contribution < 1.29 is 14.4 Å². The largest absolute Gasteiger partial charge is 0.397 e. The summed E-state index contributed by atoms with van der Waals surface area (Å²) in [5.41, 5.74) is 5.92. The number of benzene rings is 1. The second-order valence-corrected chi connectivity index (χ2v) is 5.75. The SMILES string of the molecule is CC1(C)NC(=O)N(CCCC(=O)Nc2ccccc2N)C1=O. The van der Waals surface area contributed by atoms with E-state index in [4.69, 9.17) is 5.73 Å². The minimum Gasteiger partial charge on any atom is -0.397 e. The Kier molecular flexibility index (Phi) is 4.35. The maximum atomic E-state index is 12.0. The van der Waals surface area contributed by atoms with E-state index in [9.17, 15) is 14.4 Å². The van der Waals surface area contributed by atoms with Crippen LogP contribution in [0.15, 0.2) is 24.3 Å². The number of nitrogens with two attached hydrogens (primary N) is 1. The monoisotopic (exact) mass is 304 g/mol.